The number of aromatic nitrogens is 2. The number of aryl methyl sites for hydroxylation is 1. The number of nitrogens with zero attached hydrogens (tertiary/aromatic N) is 2. The van der Waals surface area contributed by atoms with Crippen molar-refractivity contribution in [3.8, 4) is 17.0 Å². The zero-order chi connectivity index (χ0) is 18.1. The number of phenolic OH excluding ortho intramolecular Hbond substituents is 1. The number of anilines is 1. The molecular formula is C20H21FN4O. The number of aromatic hydroxyl groups is 1. The molecule has 1 saturated heterocycles. The van der Waals surface area contributed by atoms with Crippen LogP contribution in [0.5, 0.6) is 5.75 Å². The molecule has 1 aliphatic rings. The fourth-order valence-electron chi connectivity index (χ4n) is 3.48. The SMILES string of the molecule is Cc1ccc(-c2nnc(NC3CCCNC3)c3c(F)cccc23)c(O)c1. The van der Waals surface area contributed by atoms with Crippen LogP contribution in [0.25, 0.3) is 22.0 Å². The third kappa shape index (κ3) is 3.08. The summed E-state index contributed by atoms with van der Waals surface area (Å²) in [5, 5.41) is 26.6. The van der Waals surface area contributed by atoms with Gasteiger partial charge in [-0.3, -0.25) is 0 Å². The minimum atomic E-state index is -0.350. The molecule has 0 aliphatic carbocycles. The van der Waals surface area contributed by atoms with Gasteiger partial charge in [0.05, 0.1) is 5.39 Å². The highest BCUT2D eigenvalue weighted by atomic mass is 19.1. The van der Waals surface area contributed by atoms with E-state index >= 15 is 0 Å². The van der Waals surface area contributed by atoms with Gasteiger partial charge in [0, 0.05) is 23.5 Å². The van der Waals surface area contributed by atoms with Crippen molar-refractivity contribution in [3.05, 3.63) is 47.8 Å². The number of hydrogen-bond donors (Lipinski definition) is 3. The van der Waals surface area contributed by atoms with Gasteiger partial charge in [-0.2, -0.15) is 0 Å². The fraction of sp³-hybridized carbons (Fsp3) is 0.300. The van der Waals surface area contributed by atoms with Crippen molar-refractivity contribution < 1.29 is 9.50 Å². The van der Waals surface area contributed by atoms with Crippen LogP contribution < -0.4 is 10.6 Å². The lowest BCUT2D eigenvalue weighted by Crippen LogP contribution is -2.38. The van der Waals surface area contributed by atoms with E-state index in [9.17, 15) is 9.50 Å². The number of benzene rings is 2. The number of fused-ring (bicyclic) bond motifs is 1. The van der Waals surface area contributed by atoms with Crippen LogP contribution in [0.1, 0.15) is 18.4 Å². The summed E-state index contributed by atoms with van der Waals surface area (Å²) in [7, 11) is 0. The molecule has 6 heteroatoms. The van der Waals surface area contributed by atoms with Crippen molar-refractivity contribution in [2.45, 2.75) is 25.8 Å². The summed E-state index contributed by atoms with van der Waals surface area (Å²) in [5.74, 6) is 0.209. The average molecular weight is 352 g/mol. The molecule has 1 aliphatic heterocycles. The molecule has 2 aromatic carbocycles. The fourth-order valence-corrected chi connectivity index (χ4v) is 3.48. The van der Waals surface area contributed by atoms with Crippen LogP contribution in [0.4, 0.5) is 10.2 Å². The van der Waals surface area contributed by atoms with Crippen molar-refractivity contribution in [1.29, 1.82) is 0 Å². The van der Waals surface area contributed by atoms with Gasteiger partial charge in [-0.15, -0.1) is 10.2 Å². The molecule has 134 valence electrons. The number of phenols is 1. The summed E-state index contributed by atoms with van der Waals surface area (Å²) in [6.07, 6.45) is 2.08. The van der Waals surface area contributed by atoms with E-state index in [0.29, 0.717) is 27.8 Å². The zero-order valence-electron chi connectivity index (χ0n) is 14.6. The number of hydrogen-bond acceptors (Lipinski definition) is 5. The van der Waals surface area contributed by atoms with E-state index in [1.54, 1.807) is 18.2 Å². The molecule has 0 amide bonds. The maximum absolute atomic E-state index is 14.7. The van der Waals surface area contributed by atoms with Gasteiger partial charge in [-0.1, -0.05) is 18.2 Å². The van der Waals surface area contributed by atoms with Crippen molar-refractivity contribution in [2.75, 3.05) is 18.4 Å². The summed E-state index contributed by atoms with van der Waals surface area (Å²) >= 11 is 0. The second kappa shape index (κ2) is 6.88. The Kier molecular flexibility index (Phi) is 4.42. The Bertz CT molecular complexity index is 954. The third-order valence-electron chi connectivity index (χ3n) is 4.80. The summed E-state index contributed by atoms with van der Waals surface area (Å²) in [6.45, 7) is 3.72. The highest BCUT2D eigenvalue weighted by Crippen LogP contribution is 2.36. The summed E-state index contributed by atoms with van der Waals surface area (Å²) in [6, 6.07) is 10.4. The minimum Gasteiger partial charge on any atom is -0.507 e. The molecule has 0 radical (unpaired) electrons. The van der Waals surface area contributed by atoms with E-state index in [-0.39, 0.29) is 17.6 Å². The van der Waals surface area contributed by atoms with Gasteiger partial charge in [0.25, 0.3) is 0 Å². The lowest BCUT2D eigenvalue weighted by atomic mass is 10.0. The second-order valence-corrected chi connectivity index (χ2v) is 6.77. The van der Waals surface area contributed by atoms with Gasteiger partial charge in [0.15, 0.2) is 5.82 Å². The second-order valence-electron chi connectivity index (χ2n) is 6.77. The van der Waals surface area contributed by atoms with Crippen LogP contribution in [0.3, 0.4) is 0 Å². The molecule has 1 aromatic heterocycles. The topological polar surface area (TPSA) is 70.1 Å². The molecule has 2 heterocycles. The molecule has 1 atom stereocenters. The number of halogens is 1. The minimum absolute atomic E-state index is 0.113. The lowest BCUT2D eigenvalue weighted by molar-refractivity contribution is 0.476. The predicted molar refractivity (Wildman–Crippen MR) is 101 cm³/mol. The third-order valence-corrected chi connectivity index (χ3v) is 4.80. The molecule has 1 fully saturated rings. The van der Waals surface area contributed by atoms with Crippen molar-refractivity contribution in [3.63, 3.8) is 0 Å². The number of nitrogens with one attached hydrogen (secondary N) is 2. The highest BCUT2D eigenvalue weighted by molar-refractivity contribution is 6.01. The lowest BCUT2D eigenvalue weighted by Gasteiger charge is -2.25. The number of rotatable bonds is 3. The van der Waals surface area contributed by atoms with Crippen LogP contribution in [0, 0.1) is 12.7 Å². The Hall–Kier alpha value is -2.73. The molecule has 3 aromatic rings. The van der Waals surface area contributed by atoms with Gasteiger partial charge in [-0.25, -0.2) is 4.39 Å². The predicted octanol–water partition coefficient (Wildman–Crippen LogP) is 3.61. The maximum atomic E-state index is 14.7. The van der Waals surface area contributed by atoms with Crippen LogP contribution in [0.15, 0.2) is 36.4 Å². The summed E-state index contributed by atoms with van der Waals surface area (Å²) in [5.41, 5.74) is 1.96. The van der Waals surface area contributed by atoms with Crippen molar-refractivity contribution in [1.82, 2.24) is 15.5 Å². The average Bonchev–Trinajstić information content (AvgIpc) is 2.63. The molecule has 4 rings (SSSR count). The van der Waals surface area contributed by atoms with E-state index < -0.39 is 0 Å². The molecule has 0 spiro atoms. The van der Waals surface area contributed by atoms with Crippen molar-refractivity contribution >= 4 is 16.6 Å². The Balaban J connectivity index is 1.84. The molecule has 26 heavy (non-hydrogen) atoms. The Morgan fingerprint density at radius 1 is 1.23 bits per heavy atom. The van der Waals surface area contributed by atoms with E-state index in [4.69, 9.17) is 0 Å². The quantitative estimate of drug-likeness (QED) is 0.672. The summed E-state index contributed by atoms with van der Waals surface area (Å²) < 4.78 is 14.7. The van der Waals surface area contributed by atoms with E-state index in [1.165, 1.54) is 6.07 Å². The standard InChI is InChI=1S/C20H21FN4O/c1-12-7-8-14(17(26)10-12)19-15-5-2-6-16(21)18(15)20(25-24-19)23-13-4-3-9-22-11-13/h2,5-8,10,13,22,26H,3-4,9,11H2,1H3,(H,23,25). The first kappa shape index (κ1) is 16.7. The van der Waals surface area contributed by atoms with Gasteiger partial charge in [0.2, 0.25) is 0 Å². The highest BCUT2D eigenvalue weighted by Gasteiger charge is 2.19. The Morgan fingerprint density at radius 2 is 2.12 bits per heavy atom. The smallest absolute Gasteiger partial charge is 0.159 e. The molecule has 1 unspecified atom stereocenters. The van der Waals surface area contributed by atoms with E-state index in [2.05, 4.69) is 20.8 Å². The van der Waals surface area contributed by atoms with Crippen LogP contribution >= 0.6 is 0 Å². The number of piperidine rings is 1. The largest absolute Gasteiger partial charge is 0.507 e. The van der Waals surface area contributed by atoms with E-state index in [1.807, 2.05) is 19.1 Å². The Labute approximate surface area is 151 Å². The molecule has 3 N–H and O–H groups in total. The molecule has 0 saturated carbocycles. The van der Waals surface area contributed by atoms with Gasteiger partial charge < -0.3 is 15.7 Å². The maximum Gasteiger partial charge on any atom is 0.159 e. The normalized spacial score (nSPS) is 17.4. The molecular weight excluding hydrogens is 331 g/mol. The first-order chi connectivity index (χ1) is 12.6. The van der Waals surface area contributed by atoms with Crippen LogP contribution in [-0.2, 0) is 0 Å². The Morgan fingerprint density at radius 3 is 2.88 bits per heavy atom. The first-order valence-electron chi connectivity index (χ1n) is 8.85. The van der Waals surface area contributed by atoms with Crippen LogP contribution in [0.2, 0.25) is 0 Å². The summed E-state index contributed by atoms with van der Waals surface area (Å²) in [4.78, 5) is 0. The van der Waals surface area contributed by atoms with Gasteiger partial charge in [0.1, 0.15) is 17.3 Å². The van der Waals surface area contributed by atoms with Crippen LogP contribution in [-0.4, -0.2) is 34.4 Å². The van der Waals surface area contributed by atoms with Crippen molar-refractivity contribution in [2.24, 2.45) is 0 Å². The van der Waals surface area contributed by atoms with Gasteiger partial charge >= 0.3 is 0 Å². The first-order valence-corrected chi connectivity index (χ1v) is 8.85. The molecule has 0 bridgehead atoms. The van der Waals surface area contributed by atoms with E-state index in [0.717, 1.165) is 31.5 Å². The zero-order valence-corrected chi connectivity index (χ0v) is 14.6. The monoisotopic (exact) mass is 352 g/mol. The van der Waals surface area contributed by atoms with Gasteiger partial charge in [-0.05, 0) is 50.1 Å². The molecule has 5 nitrogen and oxygen atoms in total.